The Morgan fingerprint density at radius 2 is 1.86 bits per heavy atom. The average molecular weight is 395 g/mol. The monoisotopic (exact) mass is 395 g/mol. The minimum atomic E-state index is 0.416. The molecule has 152 valence electrons. The molecule has 2 aromatic heterocycles. The number of ether oxygens (including phenoxy) is 2. The summed E-state index contributed by atoms with van der Waals surface area (Å²) in [6.45, 7) is 7.39. The molecule has 8 nitrogen and oxygen atoms in total. The third-order valence-corrected chi connectivity index (χ3v) is 5.21. The molecule has 1 aliphatic rings. The van der Waals surface area contributed by atoms with E-state index in [1.165, 1.54) is 0 Å². The molecule has 0 aliphatic carbocycles. The van der Waals surface area contributed by atoms with E-state index < -0.39 is 0 Å². The number of hydrogen-bond donors (Lipinski definition) is 0. The molecule has 1 aliphatic heterocycles. The van der Waals surface area contributed by atoms with Crippen LogP contribution < -0.4 is 14.4 Å². The highest BCUT2D eigenvalue weighted by Crippen LogP contribution is 2.37. The van der Waals surface area contributed by atoms with E-state index in [0.717, 1.165) is 44.1 Å². The van der Waals surface area contributed by atoms with Gasteiger partial charge >= 0.3 is 0 Å². The predicted molar refractivity (Wildman–Crippen MR) is 110 cm³/mol. The van der Waals surface area contributed by atoms with Crippen LogP contribution in [0, 0.1) is 0 Å². The van der Waals surface area contributed by atoms with Gasteiger partial charge in [-0.25, -0.2) is 4.98 Å². The van der Waals surface area contributed by atoms with Crippen LogP contribution in [0.1, 0.15) is 6.92 Å². The van der Waals surface area contributed by atoms with Crippen LogP contribution in [-0.2, 0) is 0 Å². The largest absolute Gasteiger partial charge is 0.493 e. The Hall–Kier alpha value is -3.13. The maximum atomic E-state index is 5.47. The zero-order valence-electron chi connectivity index (χ0n) is 17.0. The van der Waals surface area contributed by atoms with E-state index in [9.17, 15) is 0 Å². The molecular weight excluding hydrogens is 370 g/mol. The van der Waals surface area contributed by atoms with E-state index >= 15 is 0 Å². The SMILES string of the molecule is CCN1CCN(c2ccc(-c3nc(-c4cccc(OC)c4OC)no3)cn2)CC1. The number of hydrogen-bond acceptors (Lipinski definition) is 8. The van der Waals surface area contributed by atoms with Gasteiger partial charge in [0.05, 0.1) is 25.3 Å². The number of para-hydroxylation sites is 1. The van der Waals surface area contributed by atoms with Gasteiger partial charge in [0, 0.05) is 32.4 Å². The zero-order valence-corrected chi connectivity index (χ0v) is 17.0. The first-order valence-electron chi connectivity index (χ1n) is 9.72. The molecular formula is C21H25N5O3. The van der Waals surface area contributed by atoms with Gasteiger partial charge in [-0.15, -0.1) is 0 Å². The molecule has 0 radical (unpaired) electrons. The van der Waals surface area contributed by atoms with E-state index in [4.69, 9.17) is 14.0 Å². The van der Waals surface area contributed by atoms with Gasteiger partial charge in [-0.2, -0.15) is 4.98 Å². The number of benzene rings is 1. The molecule has 1 saturated heterocycles. The lowest BCUT2D eigenvalue weighted by molar-refractivity contribution is 0.270. The fourth-order valence-electron chi connectivity index (χ4n) is 3.51. The maximum Gasteiger partial charge on any atom is 0.259 e. The van der Waals surface area contributed by atoms with Crippen molar-refractivity contribution < 1.29 is 14.0 Å². The Bertz CT molecular complexity index is 949. The van der Waals surface area contributed by atoms with Crippen LogP contribution in [0.2, 0.25) is 0 Å². The zero-order chi connectivity index (χ0) is 20.2. The van der Waals surface area contributed by atoms with Crippen LogP contribution in [-0.4, -0.2) is 67.0 Å². The maximum absolute atomic E-state index is 5.47. The average Bonchev–Trinajstić information content (AvgIpc) is 3.28. The van der Waals surface area contributed by atoms with E-state index in [-0.39, 0.29) is 0 Å². The molecule has 0 amide bonds. The topological polar surface area (TPSA) is 76.8 Å². The number of rotatable bonds is 6. The summed E-state index contributed by atoms with van der Waals surface area (Å²) in [5, 5.41) is 4.11. The summed E-state index contributed by atoms with van der Waals surface area (Å²) in [7, 11) is 3.18. The summed E-state index contributed by atoms with van der Waals surface area (Å²) in [6, 6.07) is 9.53. The lowest BCUT2D eigenvalue weighted by atomic mass is 10.1. The van der Waals surface area contributed by atoms with Gasteiger partial charge in [0.25, 0.3) is 5.89 Å². The van der Waals surface area contributed by atoms with Gasteiger partial charge in [0.2, 0.25) is 5.82 Å². The lowest BCUT2D eigenvalue weighted by Gasteiger charge is -2.34. The van der Waals surface area contributed by atoms with Gasteiger partial charge in [0.1, 0.15) is 5.82 Å². The highest BCUT2D eigenvalue weighted by molar-refractivity contribution is 5.69. The number of pyridine rings is 1. The Labute approximate surface area is 170 Å². The lowest BCUT2D eigenvalue weighted by Crippen LogP contribution is -2.46. The molecule has 0 saturated carbocycles. The van der Waals surface area contributed by atoms with Crippen molar-refractivity contribution in [1.82, 2.24) is 20.0 Å². The molecule has 0 N–H and O–H groups in total. The van der Waals surface area contributed by atoms with Crippen LogP contribution in [0.3, 0.4) is 0 Å². The van der Waals surface area contributed by atoms with Gasteiger partial charge in [-0.05, 0) is 30.8 Å². The van der Waals surface area contributed by atoms with Gasteiger partial charge in [-0.1, -0.05) is 18.1 Å². The molecule has 4 rings (SSSR count). The first-order chi connectivity index (χ1) is 14.2. The summed E-state index contributed by atoms with van der Waals surface area (Å²) in [5.41, 5.74) is 1.49. The molecule has 1 aromatic carbocycles. The van der Waals surface area contributed by atoms with Gasteiger partial charge < -0.3 is 23.8 Å². The van der Waals surface area contributed by atoms with Gasteiger partial charge in [-0.3, -0.25) is 0 Å². The molecule has 29 heavy (non-hydrogen) atoms. The second kappa shape index (κ2) is 8.48. The number of piperazine rings is 1. The fourth-order valence-corrected chi connectivity index (χ4v) is 3.51. The number of nitrogens with zero attached hydrogens (tertiary/aromatic N) is 5. The Kier molecular flexibility index (Phi) is 5.62. The number of methoxy groups -OCH3 is 2. The molecule has 0 unspecified atom stereocenters. The molecule has 3 heterocycles. The quantitative estimate of drug-likeness (QED) is 0.631. The second-order valence-corrected chi connectivity index (χ2v) is 6.79. The van der Waals surface area contributed by atoms with E-state index in [1.54, 1.807) is 20.4 Å². The van der Waals surface area contributed by atoms with E-state index in [1.807, 2.05) is 30.3 Å². The van der Waals surface area contributed by atoms with Crippen molar-refractivity contribution in [2.45, 2.75) is 6.92 Å². The van der Waals surface area contributed by atoms with Crippen LogP contribution in [0.4, 0.5) is 5.82 Å². The Morgan fingerprint density at radius 3 is 2.52 bits per heavy atom. The molecule has 0 spiro atoms. The van der Waals surface area contributed by atoms with Crippen molar-refractivity contribution in [3.05, 3.63) is 36.5 Å². The second-order valence-electron chi connectivity index (χ2n) is 6.79. The highest BCUT2D eigenvalue weighted by atomic mass is 16.5. The first-order valence-corrected chi connectivity index (χ1v) is 9.72. The number of likely N-dealkylation sites (N-methyl/N-ethyl adjacent to an activating group) is 1. The van der Waals surface area contributed by atoms with Crippen molar-refractivity contribution in [2.75, 3.05) is 51.8 Å². The van der Waals surface area contributed by atoms with Crippen molar-refractivity contribution in [3.63, 3.8) is 0 Å². The van der Waals surface area contributed by atoms with Crippen LogP contribution in [0.15, 0.2) is 41.1 Å². The third kappa shape index (κ3) is 3.88. The van der Waals surface area contributed by atoms with Crippen LogP contribution in [0.25, 0.3) is 22.8 Å². The normalized spacial score (nSPS) is 14.8. The highest BCUT2D eigenvalue weighted by Gasteiger charge is 2.19. The van der Waals surface area contributed by atoms with Crippen molar-refractivity contribution >= 4 is 5.82 Å². The molecule has 0 atom stereocenters. The summed E-state index contributed by atoms with van der Waals surface area (Å²) in [5.74, 6) is 3.02. The minimum absolute atomic E-state index is 0.416. The standard InChI is InChI=1S/C21H25N5O3/c1-4-25-10-12-26(13-11-25)18-9-8-15(14-22-18)21-23-20(24-29-21)16-6-5-7-17(27-2)19(16)28-3/h5-9,14H,4,10-13H2,1-3H3. The molecule has 8 heteroatoms. The number of aromatic nitrogens is 3. The molecule has 1 fully saturated rings. The van der Waals surface area contributed by atoms with Crippen molar-refractivity contribution in [1.29, 1.82) is 0 Å². The minimum Gasteiger partial charge on any atom is -0.493 e. The van der Waals surface area contributed by atoms with Crippen LogP contribution in [0.5, 0.6) is 11.5 Å². The summed E-state index contributed by atoms with van der Waals surface area (Å²) < 4.78 is 16.3. The molecule has 0 bridgehead atoms. The van der Waals surface area contributed by atoms with Crippen LogP contribution >= 0.6 is 0 Å². The predicted octanol–water partition coefficient (Wildman–Crippen LogP) is 2.96. The summed E-state index contributed by atoms with van der Waals surface area (Å²) >= 11 is 0. The smallest absolute Gasteiger partial charge is 0.259 e. The molecule has 3 aromatic rings. The number of anilines is 1. The van der Waals surface area contributed by atoms with Gasteiger partial charge in [0.15, 0.2) is 11.5 Å². The Balaban J connectivity index is 1.53. The van der Waals surface area contributed by atoms with E-state index in [2.05, 4.69) is 31.8 Å². The van der Waals surface area contributed by atoms with Crippen molar-refractivity contribution in [3.8, 4) is 34.3 Å². The van der Waals surface area contributed by atoms with Crippen molar-refractivity contribution in [2.24, 2.45) is 0 Å². The summed E-state index contributed by atoms with van der Waals surface area (Å²) in [6.07, 6.45) is 1.78. The Morgan fingerprint density at radius 1 is 1.03 bits per heavy atom. The summed E-state index contributed by atoms with van der Waals surface area (Å²) in [4.78, 5) is 13.9. The third-order valence-electron chi connectivity index (χ3n) is 5.21. The first kappa shape index (κ1) is 19.2. The van der Waals surface area contributed by atoms with E-state index in [0.29, 0.717) is 28.8 Å². The fraction of sp³-hybridized carbons (Fsp3) is 0.381.